The minimum Gasteiger partial charge on any atom is -0.466 e. The number of carbonyl (C=O) groups excluding carboxylic acids is 4. The van der Waals surface area contributed by atoms with Gasteiger partial charge in [0.15, 0.2) is 0 Å². The van der Waals surface area contributed by atoms with Crippen LogP contribution in [0.15, 0.2) is 21.9 Å². The van der Waals surface area contributed by atoms with Crippen molar-refractivity contribution in [1.29, 1.82) is 1.43 Å². The molecule has 0 aromatic carbocycles. The molecule has 13 nitrogen and oxygen atoms in total. The number of fused-ring (bicyclic) bond motifs is 1. The predicted molar refractivity (Wildman–Crippen MR) is 179 cm³/mol. The number of Topliss-reactive ketones (excluding diaryl/α,β-unsaturated/α-hetero) is 1. The van der Waals surface area contributed by atoms with Gasteiger partial charge in [0.05, 0.1) is 25.2 Å². The highest BCUT2D eigenvalue weighted by Crippen LogP contribution is 2.54. The van der Waals surface area contributed by atoms with Gasteiger partial charge in [-0.15, -0.1) is 11.8 Å². The molecule has 4 rings (SSSR count). The molecule has 1 saturated carbocycles. The Balaban J connectivity index is 1.10. The lowest BCUT2D eigenvalue weighted by Gasteiger charge is -2.16. The summed E-state index contributed by atoms with van der Waals surface area (Å²) in [5.41, 5.74) is -1.43. The van der Waals surface area contributed by atoms with E-state index in [1.807, 2.05) is 0 Å². The topological polar surface area (TPSA) is 183 Å². The third kappa shape index (κ3) is 12.1. The minimum absolute atomic E-state index is 0.0237. The summed E-state index contributed by atoms with van der Waals surface area (Å²) in [5, 5.41) is 7.20. The molecule has 49 heavy (non-hydrogen) atoms. The van der Waals surface area contributed by atoms with Gasteiger partial charge in [-0.05, 0) is 62.9 Å². The zero-order valence-electron chi connectivity index (χ0n) is 29.2. The van der Waals surface area contributed by atoms with Gasteiger partial charge in [0.1, 0.15) is 24.2 Å². The van der Waals surface area contributed by atoms with Crippen LogP contribution in [0, 0.1) is 29.6 Å². The van der Waals surface area contributed by atoms with E-state index >= 15 is 0 Å². The second-order valence-corrected chi connectivity index (χ2v) is 13.1. The van der Waals surface area contributed by atoms with E-state index < -0.39 is 41.6 Å². The van der Waals surface area contributed by atoms with Gasteiger partial charge in [0, 0.05) is 50.9 Å². The van der Waals surface area contributed by atoms with Gasteiger partial charge in [0.2, 0.25) is 7.34 Å². The van der Waals surface area contributed by atoms with Crippen LogP contribution in [0.1, 0.15) is 109 Å². The van der Waals surface area contributed by atoms with Crippen LogP contribution in [0.5, 0.6) is 0 Å². The number of aromatic nitrogens is 2. The van der Waals surface area contributed by atoms with Gasteiger partial charge in [0.25, 0.3) is 5.56 Å². The number of esters is 2. The summed E-state index contributed by atoms with van der Waals surface area (Å²) in [7, 11) is 0. The quantitative estimate of drug-likeness (QED) is 0.0799. The Morgan fingerprint density at radius 1 is 1.06 bits per heavy atom. The molecule has 268 valence electrons. The number of unbranched alkanes of at least 4 members (excludes halogenated alkanes) is 4. The van der Waals surface area contributed by atoms with E-state index in [9.17, 15) is 28.8 Å². The number of ketones is 1. The maximum Gasteiger partial charge on any atom is 0.330 e. The molecule has 2 heterocycles. The zero-order valence-corrected chi connectivity index (χ0v) is 28.2. The molecule has 0 bridgehead atoms. The molecule has 13 heteroatoms. The van der Waals surface area contributed by atoms with Crippen LogP contribution in [0.3, 0.4) is 0 Å². The highest BCUT2D eigenvalue weighted by atomic mass is 16.6. The SMILES string of the molecule is [2H]OC[C@H]1O[C@@H](n2cc(/C=C/C(=O)NCCCCCCCC(=O)OCCC3[C@H]4CCC#CCC[C@@H]34)c(=O)[nH]c2=O)CC1OC(=O)CCC(C)=O. The number of rotatable bonds is 20. The first-order valence-corrected chi connectivity index (χ1v) is 17.5. The Kier molecular flexibility index (Phi) is 14.2. The van der Waals surface area contributed by atoms with Crippen molar-refractivity contribution in [2.75, 3.05) is 19.8 Å². The third-order valence-corrected chi connectivity index (χ3v) is 9.44. The molecular weight excluding hydrogens is 634 g/mol. The van der Waals surface area contributed by atoms with Crippen LogP contribution in [0.2, 0.25) is 0 Å². The van der Waals surface area contributed by atoms with Crippen molar-refractivity contribution >= 4 is 29.7 Å². The Labute approximate surface area is 287 Å². The highest BCUT2D eigenvalue weighted by Gasteiger charge is 2.48. The average molecular weight is 685 g/mol. The second kappa shape index (κ2) is 19.2. The normalized spacial score (nSPS) is 24.5. The van der Waals surface area contributed by atoms with Crippen LogP contribution < -0.4 is 16.6 Å². The van der Waals surface area contributed by atoms with Gasteiger partial charge < -0.3 is 29.4 Å². The van der Waals surface area contributed by atoms with E-state index in [1.165, 1.54) is 38.1 Å². The number of H-pyrrole nitrogens is 1. The Morgan fingerprint density at radius 3 is 2.53 bits per heavy atom. The molecule has 2 aliphatic carbocycles. The van der Waals surface area contributed by atoms with Crippen molar-refractivity contribution in [3.05, 3.63) is 38.7 Å². The van der Waals surface area contributed by atoms with E-state index in [0.717, 1.165) is 67.8 Å². The summed E-state index contributed by atoms with van der Waals surface area (Å²) in [5.74, 6) is 7.34. The number of aliphatic hydroxyl groups excluding tert-OH is 1. The lowest BCUT2D eigenvalue weighted by atomic mass is 10.1. The predicted octanol–water partition coefficient (Wildman–Crippen LogP) is 2.94. The summed E-state index contributed by atoms with van der Waals surface area (Å²) >= 11 is 0. The summed E-state index contributed by atoms with van der Waals surface area (Å²) in [6.07, 6.45) is 11.0. The summed E-state index contributed by atoms with van der Waals surface area (Å²) in [6.45, 7) is 2.07. The molecule has 1 aliphatic heterocycles. The fraction of sp³-hybridized carbons (Fsp3) is 0.667. The monoisotopic (exact) mass is 684 g/mol. The molecule has 3 N–H and O–H groups in total. The van der Waals surface area contributed by atoms with Crippen molar-refractivity contribution < 1.29 is 38.5 Å². The number of hydrogen-bond acceptors (Lipinski definition) is 10. The van der Waals surface area contributed by atoms with Crippen LogP contribution in [-0.2, 0) is 33.4 Å². The third-order valence-electron chi connectivity index (χ3n) is 9.44. The van der Waals surface area contributed by atoms with Crippen molar-refractivity contribution in [2.24, 2.45) is 17.8 Å². The second-order valence-electron chi connectivity index (χ2n) is 13.1. The van der Waals surface area contributed by atoms with Crippen molar-refractivity contribution in [3.63, 3.8) is 0 Å². The number of amides is 1. The molecule has 3 aliphatic rings. The smallest absolute Gasteiger partial charge is 0.330 e. The molecule has 1 amide bonds. The zero-order chi connectivity index (χ0) is 35.9. The fourth-order valence-corrected chi connectivity index (χ4v) is 6.69. The number of nitrogens with zero attached hydrogens (tertiary/aromatic N) is 1. The van der Waals surface area contributed by atoms with Crippen LogP contribution in [0.4, 0.5) is 0 Å². The molecule has 1 saturated heterocycles. The van der Waals surface area contributed by atoms with E-state index in [-0.39, 0.29) is 43.2 Å². The number of aliphatic hydroxyl groups is 1. The number of nitrogens with one attached hydrogen (secondary N) is 2. The summed E-state index contributed by atoms with van der Waals surface area (Å²) in [4.78, 5) is 75.1. The van der Waals surface area contributed by atoms with Crippen molar-refractivity contribution in [1.82, 2.24) is 14.9 Å². The van der Waals surface area contributed by atoms with Gasteiger partial charge in [-0.3, -0.25) is 28.7 Å². The standard InChI is InChI=1S/C36H49N3O10/c1-24(41)14-17-34(44)49-29-21-32(48-30(29)23-40)39-22-25(35(45)38-36(39)46)15-16-31(42)37-19-10-6-2-3-9-13-33(43)47-20-18-28-26-11-7-4-5-8-12-27(26)28/h15-16,22,26-30,32,40H,2-3,6-14,17-21,23H2,1H3,(H,37,42)(H,38,45,46)/b16-15+/t26-,27+,28?,29?,30-,32-/m1/s1/i40D. The molecule has 1 aromatic rings. The minimum atomic E-state index is -0.945. The molecule has 6 atom stereocenters. The fourth-order valence-electron chi connectivity index (χ4n) is 6.69. The lowest BCUT2D eigenvalue weighted by molar-refractivity contribution is -0.154. The summed E-state index contributed by atoms with van der Waals surface area (Å²) in [6, 6.07) is 0. The number of carbonyl (C=O) groups is 4. The number of ether oxygens (including phenoxy) is 3. The number of aromatic amines is 1. The Hall–Kier alpha value is -4.02. The Morgan fingerprint density at radius 2 is 1.80 bits per heavy atom. The highest BCUT2D eigenvalue weighted by molar-refractivity contribution is 5.91. The van der Waals surface area contributed by atoms with E-state index in [2.05, 4.69) is 27.3 Å². The average Bonchev–Trinajstić information content (AvgIpc) is 3.54. The van der Waals surface area contributed by atoms with Crippen LogP contribution in [0.25, 0.3) is 6.08 Å². The Bertz CT molecular complexity index is 1520. The van der Waals surface area contributed by atoms with E-state index in [0.29, 0.717) is 25.5 Å². The van der Waals surface area contributed by atoms with Gasteiger partial charge in [-0.25, -0.2) is 4.79 Å². The molecule has 0 spiro atoms. The lowest BCUT2D eigenvalue weighted by Crippen LogP contribution is -2.33. The van der Waals surface area contributed by atoms with Gasteiger partial charge in [-0.2, -0.15) is 0 Å². The molecule has 2 unspecified atom stereocenters. The molecule has 2 fully saturated rings. The first kappa shape index (κ1) is 36.3. The number of hydrogen-bond donors (Lipinski definition) is 3. The first-order chi connectivity index (χ1) is 24.2. The van der Waals surface area contributed by atoms with Crippen molar-refractivity contribution in [2.45, 2.75) is 115 Å². The maximum absolute atomic E-state index is 12.6. The molecule has 1 aromatic heterocycles. The van der Waals surface area contributed by atoms with E-state index in [1.54, 1.807) is 0 Å². The first-order valence-electron chi connectivity index (χ1n) is 17.9. The van der Waals surface area contributed by atoms with Gasteiger partial charge >= 0.3 is 17.6 Å². The van der Waals surface area contributed by atoms with Gasteiger partial charge in [-0.1, -0.05) is 19.3 Å². The van der Waals surface area contributed by atoms with Crippen molar-refractivity contribution in [3.8, 4) is 11.8 Å². The largest absolute Gasteiger partial charge is 0.466 e. The summed E-state index contributed by atoms with van der Waals surface area (Å²) < 4.78 is 24.9. The van der Waals surface area contributed by atoms with Crippen LogP contribution >= 0.6 is 0 Å². The molecular formula is C36H49N3O10. The maximum atomic E-state index is 12.6. The van der Waals surface area contributed by atoms with Crippen LogP contribution in [-0.4, -0.2) is 71.7 Å². The molecule has 0 radical (unpaired) electrons. The van der Waals surface area contributed by atoms with E-state index in [4.69, 9.17) is 15.6 Å².